The number of piperidine rings is 2. The fraction of sp³-hybridized carbons (Fsp3) is 0.357. The topological polar surface area (TPSA) is 75.3 Å². The van der Waals surface area contributed by atoms with Crippen molar-refractivity contribution in [3.8, 4) is 0 Å². The van der Waals surface area contributed by atoms with Crippen LogP contribution in [0.3, 0.4) is 0 Å². The van der Waals surface area contributed by atoms with Gasteiger partial charge in [0.25, 0.3) is 0 Å². The van der Waals surface area contributed by atoms with Gasteiger partial charge in [0.05, 0.1) is 6.54 Å². The SMILES string of the molecule is O=C(CNC12CC(C1)C(=O)NC2=O)c1ccccc1. The quantitative estimate of drug-likeness (QED) is 0.600. The van der Waals surface area contributed by atoms with Crippen LogP contribution in [0.1, 0.15) is 23.2 Å². The molecule has 5 heteroatoms. The van der Waals surface area contributed by atoms with Gasteiger partial charge in [0.2, 0.25) is 11.8 Å². The number of rotatable bonds is 4. The smallest absolute Gasteiger partial charge is 0.246 e. The van der Waals surface area contributed by atoms with Crippen molar-refractivity contribution >= 4 is 17.6 Å². The molecule has 0 radical (unpaired) electrons. The molecule has 2 heterocycles. The van der Waals surface area contributed by atoms with E-state index in [0.29, 0.717) is 18.4 Å². The van der Waals surface area contributed by atoms with Crippen molar-refractivity contribution in [2.24, 2.45) is 5.92 Å². The fourth-order valence-electron chi connectivity index (χ4n) is 2.69. The second-order valence-corrected chi connectivity index (χ2v) is 5.15. The van der Waals surface area contributed by atoms with Crippen LogP contribution in [0.15, 0.2) is 30.3 Å². The number of carbonyl (C=O) groups is 3. The summed E-state index contributed by atoms with van der Waals surface area (Å²) in [5, 5.41) is 5.35. The Labute approximate surface area is 110 Å². The molecule has 0 atom stereocenters. The van der Waals surface area contributed by atoms with Gasteiger partial charge in [0.15, 0.2) is 5.78 Å². The molecule has 0 unspecified atom stereocenters. The molecule has 1 aromatic carbocycles. The highest BCUT2D eigenvalue weighted by Gasteiger charge is 2.57. The van der Waals surface area contributed by atoms with Gasteiger partial charge in [0.1, 0.15) is 5.54 Å². The second-order valence-electron chi connectivity index (χ2n) is 5.15. The molecule has 2 aliphatic heterocycles. The average Bonchev–Trinajstić information content (AvgIpc) is 2.37. The highest BCUT2D eigenvalue weighted by atomic mass is 16.2. The minimum absolute atomic E-state index is 0.0527. The van der Waals surface area contributed by atoms with E-state index >= 15 is 0 Å². The summed E-state index contributed by atoms with van der Waals surface area (Å²) in [4.78, 5) is 35.1. The summed E-state index contributed by atoms with van der Waals surface area (Å²) in [7, 11) is 0. The summed E-state index contributed by atoms with van der Waals surface area (Å²) in [6, 6.07) is 8.94. The minimum Gasteiger partial charge on any atom is -0.296 e. The molecule has 1 aromatic rings. The number of fused-ring (bicyclic) bond motifs is 2. The number of hydrogen-bond donors (Lipinski definition) is 2. The first-order valence-electron chi connectivity index (χ1n) is 6.29. The zero-order valence-corrected chi connectivity index (χ0v) is 10.3. The van der Waals surface area contributed by atoms with Gasteiger partial charge < -0.3 is 0 Å². The van der Waals surface area contributed by atoms with Gasteiger partial charge in [-0.05, 0) is 12.8 Å². The van der Waals surface area contributed by atoms with Crippen LogP contribution < -0.4 is 10.6 Å². The Hall–Kier alpha value is -2.01. The third kappa shape index (κ3) is 1.96. The molecule has 1 aliphatic carbocycles. The van der Waals surface area contributed by atoms with Gasteiger partial charge >= 0.3 is 0 Å². The van der Waals surface area contributed by atoms with Gasteiger partial charge in [-0.3, -0.25) is 25.0 Å². The van der Waals surface area contributed by atoms with Gasteiger partial charge in [-0.1, -0.05) is 30.3 Å². The van der Waals surface area contributed by atoms with Crippen molar-refractivity contribution in [1.29, 1.82) is 0 Å². The van der Waals surface area contributed by atoms with E-state index in [-0.39, 0.29) is 30.1 Å². The summed E-state index contributed by atoms with van der Waals surface area (Å²) in [6.45, 7) is 0.109. The summed E-state index contributed by atoms with van der Waals surface area (Å²) >= 11 is 0. The first-order valence-corrected chi connectivity index (χ1v) is 6.29. The van der Waals surface area contributed by atoms with Crippen LogP contribution in [-0.2, 0) is 9.59 Å². The Kier molecular flexibility index (Phi) is 2.71. The van der Waals surface area contributed by atoms with Crippen LogP contribution in [0.2, 0.25) is 0 Å². The van der Waals surface area contributed by atoms with Gasteiger partial charge in [-0.15, -0.1) is 0 Å². The van der Waals surface area contributed by atoms with Gasteiger partial charge in [0, 0.05) is 11.5 Å². The van der Waals surface area contributed by atoms with Crippen LogP contribution in [0.5, 0.6) is 0 Å². The van der Waals surface area contributed by atoms with Crippen molar-refractivity contribution in [3.63, 3.8) is 0 Å². The Balaban J connectivity index is 1.63. The summed E-state index contributed by atoms with van der Waals surface area (Å²) in [5.41, 5.74) is -0.0993. The van der Waals surface area contributed by atoms with Crippen LogP contribution in [0, 0.1) is 5.92 Å². The van der Waals surface area contributed by atoms with Crippen molar-refractivity contribution in [1.82, 2.24) is 10.6 Å². The monoisotopic (exact) mass is 258 g/mol. The van der Waals surface area contributed by atoms with Crippen molar-refractivity contribution in [2.45, 2.75) is 18.4 Å². The largest absolute Gasteiger partial charge is 0.296 e. The summed E-state index contributed by atoms with van der Waals surface area (Å²) in [6.07, 6.45) is 0.999. The molecule has 2 N–H and O–H groups in total. The minimum atomic E-state index is -0.719. The van der Waals surface area contributed by atoms with E-state index in [1.165, 1.54) is 0 Å². The normalized spacial score (nSPS) is 28.5. The maximum atomic E-state index is 12.0. The maximum absolute atomic E-state index is 12.0. The van der Waals surface area contributed by atoms with Gasteiger partial charge in [-0.2, -0.15) is 0 Å². The standard InChI is InChI=1S/C14H14N2O3/c17-11(9-4-2-1-3-5-9)8-15-14-6-10(7-14)12(18)16-13(14)19/h1-5,10,15H,6-8H2,(H,16,18,19). The lowest BCUT2D eigenvalue weighted by Crippen LogP contribution is -2.72. The molecule has 2 saturated heterocycles. The molecule has 3 fully saturated rings. The number of imide groups is 1. The number of hydrogen-bond acceptors (Lipinski definition) is 4. The van der Waals surface area contributed by atoms with Crippen LogP contribution in [0.4, 0.5) is 0 Å². The van der Waals surface area contributed by atoms with Crippen molar-refractivity contribution in [3.05, 3.63) is 35.9 Å². The zero-order valence-electron chi connectivity index (χ0n) is 10.3. The fourth-order valence-corrected chi connectivity index (χ4v) is 2.69. The molecular formula is C14H14N2O3. The molecule has 2 bridgehead atoms. The lowest BCUT2D eigenvalue weighted by molar-refractivity contribution is -0.152. The third-order valence-corrected chi connectivity index (χ3v) is 3.91. The molecule has 1 saturated carbocycles. The van der Waals surface area contributed by atoms with Crippen LogP contribution >= 0.6 is 0 Å². The maximum Gasteiger partial charge on any atom is 0.246 e. The Bertz CT molecular complexity index is 547. The number of ketones is 1. The van der Waals surface area contributed by atoms with E-state index in [1.54, 1.807) is 24.3 Å². The number of amides is 2. The number of Topliss-reactive ketones (excluding diaryl/α,β-unsaturated/α-hetero) is 1. The lowest BCUT2D eigenvalue weighted by atomic mass is 9.64. The van der Waals surface area contributed by atoms with E-state index in [4.69, 9.17) is 0 Å². The predicted molar refractivity (Wildman–Crippen MR) is 67.4 cm³/mol. The third-order valence-electron chi connectivity index (χ3n) is 3.91. The molecule has 0 spiro atoms. The highest BCUT2D eigenvalue weighted by molar-refractivity contribution is 6.07. The average molecular weight is 258 g/mol. The molecule has 19 heavy (non-hydrogen) atoms. The molecule has 98 valence electrons. The van der Waals surface area contributed by atoms with Crippen LogP contribution in [0.25, 0.3) is 0 Å². The van der Waals surface area contributed by atoms with E-state index in [2.05, 4.69) is 10.6 Å². The predicted octanol–water partition coefficient (Wildman–Crippen LogP) is 0.264. The second kappa shape index (κ2) is 4.28. The molecule has 4 rings (SSSR count). The Morgan fingerprint density at radius 2 is 1.95 bits per heavy atom. The van der Waals surface area contributed by atoms with E-state index in [9.17, 15) is 14.4 Å². The van der Waals surface area contributed by atoms with E-state index in [0.717, 1.165) is 0 Å². The lowest BCUT2D eigenvalue weighted by Gasteiger charge is -2.49. The molecule has 3 aliphatic rings. The summed E-state index contributed by atoms with van der Waals surface area (Å²) in [5.74, 6) is -0.635. The molecule has 0 aromatic heterocycles. The van der Waals surface area contributed by atoms with Gasteiger partial charge in [-0.25, -0.2) is 0 Å². The van der Waals surface area contributed by atoms with Crippen molar-refractivity contribution in [2.75, 3.05) is 6.54 Å². The number of carbonyl (C=O) groups excluding carboxylic acids is 3. The Morgan fingerprint density at radius 3 is 2.58 bits per heavy atom. The highest BCUT2D eigenvalue weighted by Crippen LogP contribution is 2.41. The van der Waals surface area contributed by atoms with Crippen LogP contribution in [-0.4, -0.2) is 29.7 Å². The Morgan fingerprint density at radius 1 is 1.26 bits per heavy atom. The first-order chi connectivity index (χ1) is 9.11. The molecular weight excluding hydrogens is 244 g/mol. The molecule has 5 nitrogen and oxygen atoms in total. The zero-order chi connectivity index (χ0) is 13.5. The van der Waals surface area contributed by atoms with Crippen molar-refractivity contribution < 1.29 is 14.4 Å². The number of nitrogens with one attached hydrogen (secondary N) is 2. The number of benzene rings is 1. The summed E-state index contributed by atoms with van der Waals surface area (Å²) < 4.78 is 0. The van der Waals surface area contributed by atoms with E-state index in [1.807, 2.05) is 6.07 Å². The molecule has 2 amide bonds. The van der Waals surface area contributed by atoms with E-state index < -0.39 is 5.54 Å². The first kappa shape index (κ1) is 12.0.